The highest BCUT2D eigenvalue weighted by molar-refractivity contribution is 9.10. The SMILES string of the molecule is CC(C#N)(Cn1nc2cc(Cl)ccc2c1Br)c1cc(OC(F)(F)F)ccc1C(N)=O. The van der Waals surface area contributed by atoms with Crippen molar-refractivity contribution in [3.63, 3.8) is 0 Å². The van der Waals surface area contributed by atoms with Crippen LogP contribution in [-0.4, -0.2) is 22.1 Å². The average Bonchev–Trinajstić information content (AvgIpc) is 2.94. The van der Waals surface area contributed by atoms with E-state index in [4.69, 9.17) is 17.3 Å². The molecule has 1 amide bonds. The molecule has 156 valence electrons. The molecule has 0 bridgehead atoms. The van der Waals surface area contributed by atoms with Gasteiger partial charge in [0.2, 0.25) is 5.91 Å². The van der Waals surface area contributed by atoms with Gasteiger partial charge in [0.25, 0.3) is 0 Å². The molecule has 0 aliphatic carbocycles. The Balaban J connectivity index is 2.11. The molecular formula is C19H13BrClF3N4O2. The summed E-state index contributed by atoms with van der Waals surface area (Å²) in [5.74, 6) is -1.46. The number of hydrogen-bond acceptors (Lipinski definition) is 4. The number of ether oxygens (including phenoxy) is 1. The smallest absolute Gasteiger partial charge is 0.406 e. The highest BCUT2D eigenvalue weighted by Crippen LogP contribution is 2.35. The molecule has 0 radical (unpaired) electrons. The fourth-order valence-corrected chi connectivity index (χ4v) is 3.76. The lowest BCUT2D eigenvalue weighted by Crippen LogP contribution is -2.31. The number of carbonyl (C=O) groups is 1. The molecule has 6 nitrogen and oxygen atoms in total. The van der Waals surface area contributed by atoms with Gasteiger partial charge in [-0.2, -0.15) is 10.4 Å². The second-order valence-electron chi connectivity index (χ2n) is 6.67. The maximum Gasteiger partial charge on any atom is 0.573 e. The van der Waals surface area contributed by atoms with Crippen LogP contribution in [0.5, 0.6) is 5.75 Å². The molecule has 0 aliphatic rings. The molecule has 0 saturated heterocycles. The van der Waals surface area contributed by atoms with Crippen LogP contribution in [0.3, 0.4) is 0 Å². The van der Waals surface area contributed by atoms with Crippen LogP contribution in [0.1, 0.15) is 22.8 Å². The molecule has 3 rings (SSSR count). The number of fused-ring (bicyclic) bond motifs is 1. The van der Waals surface area contributed by atoms with Crippen LogP contribution in [0, 0.1) is 11.3 Å². The van der Waals surface area contributed by atoms with E-state index in [0.29, 0.717) is 15.1 Å². The van der Waals surface area contributed by atoms with Crippen LogP contribution >= 0.6 is 27.5 Å². The monoisotopic (exact) mass is 500 g/mol. The molecule has 0 fully saturated rings. The number of carbonyl (C=O) groups excluding carboxylic acids is 1. The first-order valence-electron chi connectivity index (χ1n) is 8.36. The summed E-state index contributed by atoms with van der Waals surface area (Å²) in [6.45, 7) is 1.38. The molecule has 0 aliphatic heterocycles. The van der Waals surface area contributed by atoms with E-state index >= 15 is 0 Å². The molecule has 3 aromatic rings. The Morgan fingerprint density at radius 2 is 2.03 bits per heavy atom. The van der Waals surface area contributed by atoms with E-state index < -0.39 is 23.4 Å². The molecule has 0 spiro atoms. The second-order valence-corrected chi connectivity index (χ2v) is 7.86. The Labute approximate surface area is 182 Å². The third-order valence-electron chi connectivity index (χ3n) is 4.43. The first-order chi connectivity index (χ1) is 13.9. The van der Waals surface area contributed by atoms with E-state index in [0.717, 1.165) is 23.6 Å². The number of halogens is 5. The fraction of sp³-hybridized carbons (Fsp3) is 0.211. The van der Waals surface area contributed by atoms with Crippen molar-refractivity contribution in [2.24, 2.45) is 5.73 Å². The summed E-state index contributed by atoms with van der Waals surface area (Å²) in [5.41, 5.74) is 4.37. The lowest BCUT2D eigenvalue weighted by Gasteiger charge is -2.25. The normalized spacial score (nSPS) is 13.6. The molecule has 1 heterocycles. The van der Waals surface area contributed by atoms with E-state index in [1.807, 2.05) is 0 Å². The summed E-state index contributed by atoms with van der Waals surface area (Å²) in [6, 6.07) is 10.2. The number of hydrogen-bond donors (Lipinski definition) is 1. The van der Waals surface area contributed by atoms with Crippen molar-refractivity contribution in [3.05, 3.63) is 57.2 Å². The Hall–Kier alpha value is -2.77. The van der Waals surface area contributed by atoms with E-state index in [1.165, 1.54) is 11.6 Å². The van der Waals surface area contributed by atoms with Crippen molar-refractivity contribution in [2.45, 2.75) is 25.2 Å². The van der Waals surface area contributed by atoms with E-state index in [-0.39, 0.29) is 17.7 Å². The Kier molecular flexibility index (Phi) is 5.71. The zero-order valence-corrected chi connectivity index (χ0v) is 17.6. The number of aromatic nitrogens is 2. The number of nitriles is 1. The van der Waals surface area contributed by atoms with Crippen LogP contribution in [0.4, 0.5) is 13.2 Å². The predicted octanol–water partition coefficient (Wildman–Crippen LogP) is 4.93. The molecule has 2 N–H and O–H groups in total. The molecule has 1 unspecified atom stereocenters. The van der Waals surface area contributed by atoms with Gasteiger partial charge in [-0.05, 0) is 64.8 Å². The number of alkyl halides is 3. The minimum absolute atomic E-state index is 0.0104. The maximum absolute atomic E-state index is 12.7. The number of nitrogens with two attached hydrogens (primary N) is 1. The van der Waals surface area contributed by atoms with Crippen molar-refractivity contribution in [2.75, 3.05) is 0 Å². The summed E-state index contributed by atoms with van der Waals surface area (Å²) >= 11 is 9.40. The average molecular weight is 502 g/mol. The Bertz CT molecular complexity index is 1190. The van der Waals surface area contributed by atoms with Crippen molar-refractivity contribution in [3.8, 4) is 11.8 Å². The van der Waals surface area contributed by atoms with Gasteiger partial charge in [0.15, 0.2) is 0 Å². The molecule has 1 aromatic heterocycles. The highest BCUT2D eigenvalue weighted by atomic mass is 79.9. The third kappa shape index (κ3) is 4.37. The Morgan fingerprint density at radius 1 is 1.33 bits per heavy atom. The lowest BCUT2D eigenvalue weighted by molar-refractivity contribution is -0.274. The minimum atomic E-state index is -4.93. The molecular weight excluding hydrogens is 489 g/mol. The quantitative estimate of drug-likeness (QED) is 0.536. The van der Waals surface area contributed by atoms with Crippen molar-refractivity contribution in [1.82, 2.24) is 9.78 Å². The number of amides is 1. The molecule has 1 atom stereocenters. The van der Waals surface area contributed by atoms with Gasteiger partial charge in [0, 0.05) is 16.0 Å². The first kappa shape index (κ1) is 21.9. The summed E-state index contributed by atoms with van der Waals surface area (Å²) < 4.78 is 43.9. The van der Waals surface area contributed by atoms with E-state index in [1.54, 1.807) is 18.2 Å². The predicted molar refractivity (Wildman–Crippen MR) is 107 cm³/mol. The van der Waals surface area contributed by atoms with Crippen LogP contribution in [-0.2, 0) is 12.0 Å². The van der Waals surface area contributed by atoms with Gasteiger partial charge in [0.1, 0.15) is 10.4 Å². The van der Waals surface area contributed by atoms with Gasteiger partial charge >= 0.3 is 6.36 Å². The van der Waals surface area contributed by atoms with Gasteiger partial charge in [-0.3, -0.25) is 9.48 Å². The third-order valence-corrected chi connectivity index (χ3v) is 5.51. The number of nitrogens with zero attached hydrogens (tertiary/aromatic N) is 3. The van der Waals surface area contributed by atoms with Crippen LogP contribution < -0.4 is 10.5 Å². The Morgan fingerprint density at radius 3 is 2.63 bits per heavy atom. The van der Waals surface area contributed by atoms with Gasteiger partial charge in [-0.1, -0.05) is 11.6 Å². The van der Waals surface area contributed by atoms with Crippen molar-refractivity contribution < 1.29 is 22.7 Å². The van der Waals surface area contributed by atoms with Crippen LogP contribution in [0.25, 0.3) is 10.9 Å². The van der Waals surface area contributed by atoms with Crippen molar-refractivity contribution >= 4 is 44.3 Å². The summed E-state index contributed by atoms with van der Waals surface area (Å²) in [4.78, 5) is 11.9. The fourth-order valence-electron chi connectivity index (χ4n) is 3.05. The number of rotatable bonds is 5. The summed E-state index contributed by atoms with van der Waals surface area (Å²) in [6.07, 6.45) is -4.93. The van der Waals surface area contributed by atoms with E-state index in [2.05, 4.69) is 31.8 Å². The van der Waals surface area contributed by atoms with Gasteiger partial charge in [-0.15, -0.1) is 13.2 Å². The lowest BCUT2D eigenvalue weighted by atomic mass is 9.80. The standard InChI is InChI=1S/C19H13BrClF3N4O2/c1-18(8-25,9-28-16(20)13-4-2-10(21)6-15(13)27-28)14-7-11(30-19(22,23)24)3-5-12(14)17(26)29/h2-7H,9H2,1H3,(H2,26,29). The second kappa shape index (κ2) is 7.81. The number of primary amides is 1. The molecule has 30 heavy (non-hydrogen) atoms. The molecule has 11 heteroatoms. The highest BCUT2D eigenvalue weighted by Gasteiger charge is 2.35. The zero-order valence-electron chi connectivity index (χ0n) is 15.3. The summed E-state index contributed by atoms with van der Waals surface area (Å²) in [7, 11) is 0. The minimum Gasteiger partial charge on any atom is -0.406 e. The van der Waals surface area contributed by atoms with Crippen molar-refractivity contribution in [1.29, 1.82) is 5.26 Å². The largest absolute Gasteiger partial charge is 0.573 e. The topological polar surface area (TPSA) is 93.9 Å². The zero-order chi connectivity index (χ0) is 22.3. The maximum atomic E-state index is 12.7. The number of benzene rings is 2. The van der Waals surface area contributed by atoms with Crippen LogP contribution in [0.15, 0.2) is 41.0 Å². The van der Waals surface area contributed by atoms with E-state index in [9.17, 15) is 23.2 Å². The first-order valence-corrected chi connectivity index (χ1v) is 9.53. The summed E-state index contributed by atoms with van der Waals surface area (Å²) in [5, 5.41) is 15.5. The van der Waals surface area contributed by atoms with Gasteiger partial charge < -0.3 is 10.5 Å². The molecule has 0 saturated carbocycles. The van der Waals surface area contributed by atoms with Gasteiger partial charge in [-0.25, -0.2) is 0 Å². The molecule has 2 aromatic carbocycles. The van der Waals surface area contributed by atoms with Crippen LogP contribution in [0.2, 0.25) is 5.02 Å². The van der Waals surface area contributed by atoms with Gasteiger partial charge in [0.05, 0.1) is 23.5 Å².